The number of ether oxygens (including phenoxy) is 3. The van der Waals surface area contributed by atoms with Crippen LogP contribution >= 0.6 is 11.3 Å². The molecule has 10 heteroatoms. The molecule has 3 aromatic rings. The third-order valence-electron chi connectivity index (χ3n) is 6.95. The third-order valence-corrected chi connectivity index (χ3v) is 7.94. The minimum absolute atomic E-state index is 0.206. The van der Waals surface area contributed by atoms with Gasteiger partial charge in [0.2, 0.25) is 0 Å². The van der Waals surface area contributed by atoms with Gasteiger partial charge >= 0.3 is 5.97 Å². The van der Waals surface area contributed by atoms with Gasteiger partial charge in [-0.3, -0.25) is 9.36 Å². The highest BCUT2D eigenvalue weighted by molar-refractivity contribution is 7.07. The zero-order valence-corrected chi connectivity index (χ0v) is 24.2. The quantitative estimate of drug-likeness (QED) is 0.359. The summed E-state index contributed by atoms with van der Waals surface area (Å²) in [5.74, 6) is 2.05. The first-order valence-electron chi connectivity index (χ1n) is 13.9. The number of benzene rings is 1. The van der Waals surface area contributed by atoms with Crippen molar-refractivity contribution in [2.45, 2.75) is 53.0 Å². The molecular weight excluding hydrogens is 530 g/mol. The van der Waals surface area contributed by atoms with Crippen LogP contribution in [0.4, 0.5) is 5.88 Å². The van der Waals surface area contributed by atoms with Crippen LogP contribution in [-0.2, 0) is 9.53 Å². The standard InChI is InChI=1S/C30H35N3O6S/c1-5-36-22-13-11-20(17-23(22)37-6-2)27-26(29(35)38-7-3)19(4)31-30-33(27)28(34)24(40-30)18-21-12-14-25(39-21)32-15-9-8-10-16-32/h11-14,17-18,27H,5-10,15-16H2,1-4H3/b24-18-. The number of anilines is 1. The molecule has 0 aliphatic carbocycles. The molecule has 1 aromatic carbocycles. The van der Waals surface area contributed by atoms with Gasteiger partial charge in [-0.15, -0.1) is 0 Å². The normalized spacial score (nSPS) is 17.4. The van der Waals surface area contributed by atoms with Crippen molar-refractivity contribution in [1.82, 2.24) is 4.57 Å². The van der Waals surface area contributed by atoms with Gasteiger partial charge in [0.25, 0.3) is 5.56 Å². The Hall–Kier alpha value is -3.79. The Labute approximate surface area is 237 Å². The first-order valence-corrected chi connectivity index (χ1v) is 14.7. The van der Waals surface area contributed by atoms with Gasteiger partial charge in [0.1, 0.15) is 5.76 Å². The molecule has 1 fully saturated rings. The van der Waals surface area contributed by atoms with Gasteiger partial charge in [-0.2, -0.15) is 0 Å². The Bertz CT molecular complexity index is 1590. The number of rotatable bonds is 9. The van der Waals surface area contributed by atoms with Crippen LogP contribution in [0.25, 0.3) is 6.08 Å². The SMILES string of the molecule is CCOC(=O)C1=C(C)N=c2s/c(=C\c3ccc(N4CCCCC4)o3)c(=O)n2C1c1ccc(OCC)c(OCC)c1. The Kier molecular flexibility index (Phi) is 8.44. The summed E-state index contributed by atoms with van der Waals surface area (Å²) in [6.45, 7) is 10.4. The molecule has 0 N–H and O–H groups in total. The molecule has 212 valence electrons. The van der Waals surface area contributed by atoms with E-state index in [1.807, 2.05) is 44.2 Å². The second kappa shape index (κ2) is 12.2. The molecule has 9 nitrogen and oxygen atoms in total. The van der Waals surface area contributed by atoms with Gasteiger partial charge < -0.3 is 23.5 Å². The van der Waals surface area contributed by atoms with Gasteiger partial charge in [0, 0.05) is 25.2 Å². The van der Waals surface area contributed by atoms with E-state index >= 15 is 0 Å². The summed E-state index contributed by atoms with van der Waals surface area (Å²) in [6, 6.07) is 8.58. The Morgan fingerprint density at radius 3 is 2.52 bits per heavy atom. The first kappa shape index (κ1) is 27.8. The van der Waals surface area contributed by atoms with Crippen molar-refractivity contribution < 1.29 is 23.4 Å². The van der Waals surface area contributed by atoms with Gasteiger partial charge in [0.15, 0.2) is 22.2 Å². The number of aromatic nitrogens is 1. The smallest absolute Gasteiger partial charge is 0.338 e. The molecule has 0 bridgehead atoms. The number of allylic oxidation sites excluding steroid dienone is 1. The van der Waals surface area contributed by atoms with Crippen molar-refractivity contribution in [2.24, 2.45) is 4.99 Å². The summed E-state index contributed by atoms with van der Waals surface area (Å²) in [6.07, 6.45) is 5.28. The van der Waals surface area contributed by atoms with Crippen molar-refractivity contribution in [2.75, 3.05) is 37.8 Å². The Balaban J connectivity index is 1.62. The lowest BCUT2D eigenvalue weighted by Gasteiger charge is -2.25. The summed E-state index contributed by atoms with van der Waals surface area (Å²) in [5.41, 5.74) is 1.26. The number of hydrogen-bond acceptors (Lipinski definition) is 9. The number of furan rings is 1. The fourth-order valence-electron chi connectivity index (χ4n) is 5.18. The number of hydrogen-bond donors (Lipinski definition) is 0. The lowest BCUT2D eigenvalue weighted by atomic mass is 9.95. The van der Waals surface area contributed by atoms with Crippen molar-refractivity contribution in [1.29, 1.82) is 0 Å². The number of piperidine rings is 1. The van der Waals surface area contributed by atoms with Crippen LogP contribution in [0, 0.1) is 0 Å². The molecule has 0 amide bonds. The second-order valence-corrected chi connectivity index (χ2v) is 10.6. The summed E-state index contributed by atoms with van der Waals surface area (Å²) in [5, 5.41) is 0. The molecule has 40 heavy (non-hydrogen) atoms. The molecule has 0 saturated carbocycles. The summed E-state index contributed by atoms with van der Waals surface area (Å²) < 4.78 is 25.1. The van der Waals surface area contributed by atoms with E-state index in [9.17, 15) is 9.59 Å². The number of fused-ring (bicyclic) bond motifs is 1. The monoisotopic (exact) mass is 565 g/mol. The lowest BCUT2D eigenvalue weighted by Crippen LogP contribution is -2.40. The average Bonchev–Trinajstić information content (AvgIpc) is 3.54. The maximum Gasteiger partial charge on any atom is 0.338 e. The van der Waals surface area contributed by atoms with Gasteiger partial charge in [-0.25, -0.2) is 9.79 Å². The average molecular weight is 566 g/mol. The molecule has 2 aliphatic heterocycles. The fraction of sp³-hybridized carbons (Fsp3) is 0.433. The van der Waals surface area contributed by atoms with E-state index in [2.05, 4.69) is 9.89 Å². The molecule has 2 aromatic heterocycles. The maximum atomic E-state index is 13.9. The van der Waals surface area contributed by atoms with Crippen LogP contribution in [0.5, 0.6) is 11.5 Å². The number of thiazole rings is 1. The highest BCUT2D eigenvalue weighted by atomic mass is 32.1. The highest BCUT2D eigenvalue weighted by Crippen LogP contribution is 2.36. The molecule has 4 heterocycles. The van der Waals surface area contributed by atoms with E-state index in [4.69, 9.17) is 18.6 Å². The largest absolute Gasteiger partial charge is 0.490 e. The van der Waals surface area contributed by atoms with Crippen molar-refractivity contribution in [3.63, 3.8) is 0 Å². The second-order valence-electron chi connectivity index (χ2n) is 9.60. The molecule has 1 unspecified atom stereocenters. The van der Waals surface area contributed by atoms with Crippen LogP contribution < -0.4 is 29.3 Å². The first-order chi connectivity index (χ1) is 19.4. The summed E-state index contributed by atoms with van der Waals surface area (Å²) in [7, 11) is 0. The maximum absolute atomic E-state index is 13.9. The van der Waals surface area contributed by atoms with Crippen molar-refractivity contribution in [3.8, 4) is 11.5 Å². The molecule has 5 rings (SSSR count). The van der Waals surface area contributed by atoms with Crippen molar-refractivity contribution in [3.05, 3.63) is 72.6 Å². The van der Waals surface area contributed by atoms with E-state index in [-0.39, 0.29) is 12.2 Å². The predicted molar refractivity (Wildman–Crippen MR) is 154 cm³/mol. The molecule has 2 aliphatic rings. The Morgan fingerprint density at radius 2 is 1.80 bits per heavy atom. The minimum Gasteiger partial charge on any atom is -0.490 e. The van der Waals surface area contributed by atoms with Gasteiger partial charge in [-0.05, 0) is 70.7 Å². The van der Waals surface area contributed by atoms with E-state index < -0.39 is 12.0 Å². The molecule has 1 saturated heterocycles. The molecular formula is C30H35N3O6S. The zero-order chi connectivity index (χ0) is 28.2. The van der Waals surface area contributed by atoms with Crippen LogP contribution in [0.15, 0.2) is 55.8 Å². The fourth-order valence-corrected chi connectivity index (χ4v) is 6.20. The third kappa shape index (κ3) is 5.45. The minimum atomic E-state index is -0.743. The van der Waals surface area contributed by atoms with Gasteiger partial charge in [-0.1, -0.05) is 17.4 Å². The Morgan fingerprint density at radius 1 is 1.05 bits per heavy atom. The van der Waals surface area contributed by atoms with Gasteiger partial charge in [0.05, 0.1) is 41.7 Å². The van der Waals surface area contributed by atoms with Crippen molar-refractivity contribution >= 4 is 29.3 Å². The van der Waals surface area contributed by atoms with Crippen LogP contribution in [0.3, 0.4) is 0 Å². The van der Waals surface area contributed by atoms with E-state index in [1.54, 1.807) is 24.5 Å². The number of carbonyl (C=O) groups is 1. The van der Waals surface area contributed by atoms with Crippen LogP contribution in [-0.4, -0.2) is 43.4 Å². The zero-order valence-electron chi connectivity index (χ0n) is 23.4. The highest BCUT2D eigenvalue weighted by Gasteiger charge is 2.34. The van der Waals surface area contributed by atoms with E-state index in [0.717, 1.165) is 31.8 Å². The number of esters is 1. The lowest BCUT2D eigenvalue weighted by molar-refractivity contribution is -0.139. The number of nitrogens with zero attached hydrogens (tertiary/aromatic N) is 3. The molecule has 0 spiro atoms. The van der Waals surface area contributed by atoms with E-state index in [0.29, 0.717) is 56.6 Å². The van der Waals surface area contributed by atoms with Crippen LogP contribution in [0.1, 0.15) is 64.3 Å². The number of carbonyl (C=O) groups excluding carboxylic acids is 1. The molecule has 1 atom stereocenters. The van der Waals surface area contributed by atoms with E-state index in [1.165, 1.54) is 17.8 Å². The molecule has 0 radical (unpaired) electrons. The summed E-state index contributed by atoms with van der Waals surface area (Å²) in [4.78, 5) is 34.5. The van der Waals surface area contributed by atoms with Crippen LogP contribution in [0.2, 0.25) is 0 Å². The predicted octanol–water partition coefficient (Wildman–Crippen LogP) is 4.18. The summed E-state index contributed by atoms with van der Waals surface area (Å²) >= 11 is 1.27. The topological polar surface area (TPSA) is 95.5 Å².